The summed E-state index contributed by atoms with van der Waals surface area (Å²) in [5, 5.41) is 2.95. The van der Waals surface area contributed by atoms with Gasteiger partial charge in [-0.1, -0.05) is 6.07 Å². The third-order valence-electron chi connectivity index (χ3n) is 3.24. The van der Waals surface area contributed by atoms with Gasteiger partial charge in [0.05, 0.1) is 11.4 Å². The van der Waals surface area contributed by atoms with Crippen molar-refractivity contribution in [2.75, 3.05) is 32.9 Å². The van der Waals surface area contributed by atoms with E-state index in [0.29, 0.717) is 5.75 Å². The third-order valence-corrected chi connectivity index (χ3v) is 4.20. The Morgan fingerprint density at radius 3 is 2.95 bits per heavy atom. The number of nitrogens with zero attached hydrogens (tertiary/aromatic N) is 3. The molecule has 0 aromatic carbocycles. The molecule has 1 amide bonds. The molecule has 2 heterocycles. The maximum atomic E-state index is 11.7. The summed E-state index contributed by atoms with van der Waals surface area (Å²) < 4.78 is 2.03. The number of imidazole rings is 1. The van der Waals surface area contributed by atoms with Crippen LogP contribution in [0.2, 0.25) is 0 Å². The van der Waals surface area contributed by atoms with Gasteiger partial charge in [0.1, 0.15) is 5.65 Å². The van der Waals surface area contributed by atoms with E-state index in [9.17, 15) is 4.79 Å². The fourth-order valence-electron chi connectivity index (χ4n) is 2.15. The van der Waals surface area contributed by atoms with Crippen LogP contribution in [0.5, 0.6) is 0 Å². The number of fused-ring (bicyclic) bond motifs is 1. The van der Waals surface area contributed by atoms with Gasteiger partial charge < -0.3 is 14.6 Å². The molecular formula is C16H24N4OS. The molecule has 1 N–H and O–H groups in total. The van der Waals surface area contributed by atoms with Crippen LogP contribution < -0.4 is 5.32 Å². The van der Waals surface area contributed by atoms with Gasteiger partial charge in [-0.25, -0.2) is 4.98 Å². The van der Waals surface area contributed by atoms with Gasteiger partial charge in [-0.3, -0.25) is 4.79 Å². The van der Waals surface area contributed by atoms with E-state index in [-0.39, 0.29) is 5.91 Å². The second-order valence-corrected chi connectivity index (χ2v) is 6.69. The van der Waals surface area contributed by atoms with E-state index >= 15 is 0 Å². The molecular weight excluding hydrogens is 296 g/mol. The van der Waals surface area contributed by atoms with Crippen LogP contribution in [0.1, 0.15) is 17.7 Å². The minimum atomic E-state index is 0.100. The highest BCUT2D eigenvalue weighted by Gasteiger charge is 2.05. The molecule has 0 fully saturated rings. The number of pyridine rings is 1. The van der Waals surface area contributed by atoms with Crippen molar-refractivity contribution in [1.29, 1.82) is 0 Å². The van der Waals surface area contributed by atoms with Crippen LogP contribution in [-0.2, 0) is 10.5 Å². The molecule has 0 aliphatic carbocycles. The fourth-order valence-corrected chi connectivity index (χ4v) is 2.89. The maximum absolute atomic E-state index is 11.7. The summed E-state index contributed by atoms with van der Waals surface area (Å²) in [6.45, 7) is 3.80. The quantitative estimate of drug-likeness (QED) is 0.755. The Morgan fingerprint density at radius 1 is 1.36 bits per heavy atom. The molecule has 0 saturated heterocycles. The molecule has 2 aromatic heterocycles. The fraction of sp³-hybridized carbons (Fsp3) is 0.500. The van der Waals surface area contributed by atoms with Crippen molar-refractivity contribution < 1.29 is 4.79 Å². The number of thioether (sulfide) groups is 1. The predicted octanol–water partition coefficient (Wildman–Crippen LogP) is 1.94. The first kappa shape index (κ1) is 16.8. The van der Waals surface area contributed by atoms with E-state index in [4.69, 9.17) is 0 Å². The lowest BCUT2D eigenvalue weighted by molar-refractivity contribution is -0.118. The second kappa shape index (κ2) is 8.19. The van der Waals surface area contributed by atoms with E-state index in [1.807, 2.05) is 30.8 Å². The minimum absolute atomic E-state index is 0.100. The molecule has 0 aliphatic rings. The lowest BCUT2D eigenvalue weighted by Crippen LogP contribution is -2.28. The number of amides is 1. The molecule has 0 atom stereocenters. The first-order valence-corrected chi connectivity index (χ1v) is 8.63. The summed E-state index contributed by atoms with van der Waals surface area (Å²) in [5.74, 6) is 1.34. The van der Waals surface area contributed by atoms with Crippen LogP contribution >= 0.6 is 11.8 Å². The molecule has 120 valence electrons. The predicted molar refractivity (Wildman–Crippen MR) is 92.3 cm³/mol. The lowest BCUT2D eigenvalue weighted by atomic mass is 10.3. The smallest absolute Gasteiger partial charge is 0.230 e. The number of aryl methyl sites for hydroxylation is 1. The van der Waals surface area contributed by atoms with E-state index in [1.165, 1.54) is 5.56 Å². The SMILES string of the molecule is Cc1ccc2nc(CSCC(=O)NCCCN(C)C)cn2c1. The lowest BCUT2D eigenvalue weighted by Gasteiger charge is -2.09. The van der Waals surface area contributed by atoms with Gasteiger partial charge in [-0.2, -0.15) is 0 Å². The van der Waals surface area contributed by atoms with E-state index in [2.05, 4.69) is 34.4 Å². The second-order valence-electron chi connectivity index (χ2n) is 5.70. The molecule has 0 aliphatic heterocycles. The Bertz CT molecular complexity index is 624. The summed E-state index contributed by atoms with van der Waals surface area (Å²) in [5.41, 5.74) is 3.17. The number of hydrogen-bond donors (Lipinski definition) is 1. The average molecular weight is 320 g/mol. The molecule has 22 heavy (non-hydrogen) atoms. The first-order chi connectivity index (χ1) is 10.5. The minimum Gasteiger partial charge on any atom is -0.355 e. The molecule has 2 rings (SSSR count). The van der Waals surface area contributed by atoms with Gasteiger partial charge >= 0.3 is 0 Å². The van der Waals surface area contributed by atoms with Crippen LogP contribution in [0.3, 0.4) is 0 Å². The molecule has 0 spiro atoms. The van der Waals surface area contributed by atoms with E-state index in [1.54, 1.807) is 11.8 Å². The molecule has 0 unspecified atom stereocenters. The largest absolute Gasteiger partial charge is 0.355 e. The molecule has 0 radical (unpaired) electrons. The summed E-state index contributed by atoms with van der Waals surface area (Å²) in [6.07, 6.45) is 5.08. The highest BCUT2D eigenvalue weighted by atomic mass is 32.2. The molecule has 0 saturated carbocycles. The summed E-state index contributed by atoms with van der Waals surface area (Å²) >= 11 is 1.60. The van der Waals surface area contributed by atoms with Gasteiger partial charge in [-0.05, 0) is 45.6 Å². The Labute approximate surface area is 136 Å². The molecule has 0 bridgehead atoms. The maximum Gasteiger partial charge on any atom is 0.230 e. The summed E-state index contributed by atoms with van der Waals surface area (Å²) in [4.78, 5) is 18.4. The molecule has 2 aromatic rings. The zero-order valence-electron chi connectivity index (χ0n) is 13.5. The first-order valence-electron chi connectivity index (χ1n) is 7.48. The Hall–Kier alpha value is -1.53. The van der Waals surface area contributed by atoms with Gasteiger partial charge in [0.15, 0.2) is 0 Å². The highest BCUT2D eigenvalue weighted by Crippen LogP contribution is 2.13. The van der Waals surface area contributed by atoms with Crippen molar-refractivity contribution in [3.05, 3.63) is 35.8 Å². The van der Waals surface area contributed by atoms with Crippen molar-refractivity contribution in [3.63, 3.8) is 0 Å². The Morgan fingerprint density at radius 2 is 2.18 bits per heavy atom. The van der Waals surface area contributed by atoms with Crippen molar-refractivity contribution in [3.8, 4) is 0 Å². The number of nitrogens with one attached hydrogen (secondary N) is 1. The molecule has 5 nitrogen and oxygen atoms in total. The highest BCUT2D eigenvalue weighted by molar-refractivity contribution is 7.99. The van der Waals surface area contributed by atoms with Crippen LogP contribution in [0, 0.1) is 6.92 Å². The van der Waals surface area contributed by atoms with Crippen LogP contribution in [0.25, 0.3) is 5.65 Å². The monoisotopic (exact) mass is 320 g/mol. The van der Waals surface area contributed by atoms with Crippen LogP contribution in [-0.4, -0.2) is 53.1 Å². The number of carbonyl (C=O) groups is 1. The number of carbonyl (C=O) groups excluding carboxylic acids is 1. The van der Waals surface area contributed by atoms with Crippen molar-refractivity contribution in [2.45, 2.75) is 19.1 Å². The number of aromatic nitrogens is 2. The standard InChI is InChI=1S/C16H24N4OS/c1-13-5-6-15-18-14(10-20(15)9-13)11-22-12-16(21)17-7-4-8-19(2)3/h5-6,9-10H,4,7-8,11-12H2,1-3H3,(H,17,21). The zero-order valence-corrected chi connectivity index (χ0v) is 14.3. The van der Waals surface area contributed by atoms with E-state index in [0.717, 1.165) is 36.6 Å². The topological polar surface area (TPSA) is 49.6 Å². The Balaban J connectivity index is 1.70. The van der Waals surface area contributed by atoms with Crippen LogP contribution in [0.4, 0.5) is 0 Å². The Kier molecular flexibility index (Phi) is 6.27. The van der Waals surface area contributed by atoms with Crippen LogP contribution in [0.15, 0.2) is 24.5 Å². The van der Waals surface area contributed by atoms with Crippen molar-refractivity contribution in [1.82, 2.24) is 19.6 Å². The molecule has 6 heteroatoms. The van der Waals surface area contributed by atoms with Gasteiger partial charge in [0, 0.05) is 24.7 Å². The van der Waals surface area contributed by atoms with Gasteiger partial charge in [0.25, 0.3) is 0 Å². The summed E-state index contributed by atoms with van der Waals surface area (Å²) in [6, 6.07) is 4.07. The summed E-state index contributed by atoms with van der Waals surface area (Å²) in [7, 11) is 4.07. The normalized spacial score (nSPS) is 11.3. The van der Waals surface area contributed by atoms with Crippen molar-refractivity contribution in [2.24, 2.45) is 0 Å². The third kappa shape index (κ3) is 5.35. The van der Waals surface area contributed by atoms with Gasteiger partial charge in [-0.15, -0.1) is 11.8 Å². The number of rotatable bonds is 8. The average Bonchev–Trinajstić information content (AvgIpc) is 2.85. The van der Waals surface area contributed by atoms with Crippen molar-refractivity contribution >= 4 is 23.3 Å². The van der Waals surface area contributed by atoms with E-state index < -0.39 is 0 Å². The van der Waals surface area contributed by atoms with Gasteiger partial charge in [0.2, 0.25) is 5.91 Å². The number of hydrogen-bond acceptors (Lipinski definition) is 4. The zero-order chi connectivity index (χ0) is 15.9.